The van der Waals surface area contributed by atoms with Crippen molar-refractivity contribution in [1.29, 1.82) is 0 Å². The number of phosphoric ester groups is 2. The van der Waals surface area contributed by atoms with Gasteiger partial charge in [-0.25, -0.2) is 23.8 Å². The Morgan fingerprint density at radius 2 is 1.93 bits per heavy atom. The fourth-order valence-electron chi connectivity index (χ4n) is 4.57. The maximum absolute atomic E-state index is 12.4. The van der Waals surface area contributed by atoms with Gasteiger partial charge in [0.2, 0.25) is 0 Å². The normalized spacial score (nSPS) is 30.3. The number of hydrogen-bond donors (Lipinski definition) is 6. The van der Waals surface area contributed by atoms with Gasteiger partial charge in [-0.15, -0.1) is 0 Å². The minimum Gasteiger partial charge on any atom is -0.756 e. The molecule has 22 heteroatoms. The SMILES string of the molecule is NC(=O)c1ccc[n+]([C@@H]2O[C@H](COP(=O)([O-])OP(=O)(O)OC[C@@H]3C[C@@H](O)[C@H](n4cnc5c(N)ncnc54)O3)[C@@H](O)[C@H]2O)c1. The second-order valence-corrected chi connectivity index (χ2v) is 12.6. The molecule has 234 valence electrons. The Morgan fingerprint density at radius 1 is 1.16 bits per heavy atom. The van der Waals surface area contributed by atoms with Crippen LogP contribution in [0.3, 0.4) is 0 Å². The van der Waals surface area contributed by atoms with Gasteiger partial charge in [-0.3, -0.25) is 18.5 Å². The summed E-state index contributed by atoms with van der Waals surface area (Å²) in [6.07, 6.45) is -3.91. The lowest BCUT2D eigenvalue weighted by molar-refractivity contribution is -0.765. The molecule has 0 saturated carbocycles. The Morgan fingerprint density at radius 3 is 2.67 bits per heavy atom. The zero-order valence-electron chi connectivity index (χ0n) is 21.9. The topological polar surface area (TPSA) is 301 Å². The first-order chi connectivity index (χ1) is 20.2. The molecule has 1 amide bonds. The third-order valence-electron chi connectivity index (χ3n) is 6.59. The highest BCUT2D eigenvalue weighted by molar-refractivity contribution is 7.60. The van der Waals surface area contributed by atoms with Gasteiger partial charge in [-0.05, 0) is 6.07 Å². The summed E-state index contributed by atoms with van der Waals surface area (Å²) >= 11 is 0. The highest BCUT2D eigenvalue weighted by Crippen LogP contribution is 2.58. The fourth-order valence-corrected chi connectivity index (χ4v) is 6.64. The number of primary amides is 1. The van der Waals surface area contributed by atoms with Crippen molar-refractivity contribution in [2.75, 3.05) is 18.9 Å². The van der Waals surface area contributed by atoms with E-state index in [0.29, 0.717) is 0 Å². The summed E-state index contributed by atoms with van der Waals surface area (Å²) in [5, 5.41) is 31.1. The van der Waals surface area contributed by atoms with Crippen LogP contribution in [0.15, 0.2) is 37.2 Å². The van der Waals surface area contributed by atoms with E-state index in [1.807, 2.05) is 0 Å². The average Bonchev–Trinajstić information content (AvgIpc) is 3.62. The maximum Gasteiger partial charge on any atom is 0.478 e. The second kappa shape index (κ2) is 12.2. The number of fused-ring (bicyclic) bond motifs is 1. The maximum atomic E-state index is 12.4. The predicted octanol–water partition coefficient (Wildman–Crippen LogP) is -2.62. The van der Waals surface area contributed by atoms with E-state index < -0.39 is 77.7 Å². The molecule has 2 fully saturated rings. The van der Waals surface area contributed by atoms with E-state index in [1.54, 1.807) is 0 Å². The second-order valence-electron chi connectivity index (χ2n) is 9.57. The van der Waals surface area contributed by atoms with Crippen LogP contribution in [0, 0.1) is 0 Å². The molecule has 0 aromatic carbocycles. The van der Waals surface area contributed by atoms with E-state index in [-0.39, 0.29) is 29.0 Å². The number of carbonyl (C=O) groups excluding carboxylic acids is 1. The van der Waals surface area contributed by atoms with Crippen molar-refractivity contribution in [2.24, 2.45) is 5.73 Å². The van der Waals surface area contributed by atoms with Gasteiger partial charge in [0.15, 0.2) is 36.2 Å². The fraction of sp³-hybridized carbons (Fsp3) is 0.476. The lowest BCUT2D eigenvalue weighted by Crippen LogP contribution is -2.46. The molecule has 0 radical (unpaired) electrons. The average molecular weight is 647 g/mol. The Kier molecular flexibility index (Phi) is 8.92. The molecule has 3 aromatic heterocycles. The molecule has 2 aliphatic rings. The lowest BCUT2D eigenvalue weighted by Gasteiger charge is -2.26. The minimum atomic E-state index is -5.54. The molecule has 3 aromatic rings. The van der Waals surface area contributed by atoms with Gasteiger partial charge in [-0.2, -0.15) is 4.57 Å². The van der Waals surface area contributed by atoms with E-state index in [2.05, 4.69) is 23.8 Å². The molecule has 0 spiro atoms. The number of imidazole rings is 1. The van der Waals surface area contributed by atoms with Crippen LogP contribution in [0.1, 0.15) is 29.2 Å². The molecule has 43 heavy (non-hydrogen) atoms. The zero-order chi connectivity index (χ0) is 31.1. The highest BCUT2D eigenvalue weighted by atomic mass is 31.3. The standard InChI is InChI=1S/C21H27N7O13P2/c22-17-14-19(25-8-24-17)28(9-26-14)20-12(29)4-11(39-20)6-37-42(33,34)41-43(35,36)38-7-13-15(30)16(31)21(40-13)27-3-1-2-10(5-27)18(23)32/h1-3,5,8-9,11-13,15-16,20-21,29-31H,4,6-7H2,(H5-,22,23,24,25,32,33,34,35,36)/t11-,12+,13+,15+,16+,20+,21+/m0/s1. The van der Waals surface area contributed by atoms with E-state index >= 15 is 0 Å². The lowest BCUT2D eigenvalue weighted by atomic mass is 10.1. The van der Waals surface area contributed by atoms with Crippen molar-refractivity contribution in [3.8, 4) is 0 Å². The Balaban J connectivity index is 1.14. The number of nitrogens with zero attached hydrogens (tertiary/aromatic N) is 5. The summed E-state index contributed by atoms with van der Waals surface area (Å²) in [7, 11) is -10.8. The molecule has 8 N–H and O–H groups in total. The minimum absolute atomic E-state index is 0.0722. The number of nitrogen functional groups attached to an aromatic ring is 1. The van der Waals surface area contributed by atoms with Crippen LogP contribution >= 0.6 is 15.6 Å². The van der Waals surface area contributed by atoms with Gasteiger partial charge in [0.25, 0.3) is 20.0 Å². The summed E-state index contributed by atoms with van der Waals surface area (Å²) in [6.45, 7) is -1.58. The number of ether oxygens (including phenoxy) is 2. The molecule has 5 rings (SSSR count). The summed E-state index contributed by atoms with van der Waals surface area (Å²) in [4.78, 5) is 45.7. The van der Waals surface area contributed by atoms with E-state index in [9.17, 15) is 39.0 Å². The first-order valence-corrected chi connectivity index (χ1v) is 15.4. The van der Waals surface area contributed by atoms with Crippen molar-refractivity contribution in [3.05, 3.63) is 42.7 Å². The number of anilines is 1. The van der Waals surface area contributed by atoms with Crippen LogP contribution in [0.5, 0.6) is 0 Å². The largest absolute Gasteiger partial charge is 0.756 e. The quantitative estimate of drug-likeness (QED) is 0.0916. The van der Waals surface area contributed by atoms with E-state index in [4.69, 9.17) is 25.5 Å². The molecular weight excluding hydrogens is 620 g/mol. The summed E-state index contributed by atoms with van der Waals surface area (Å²) < 4.78 is 52.0. The van der Waals surface area contributed by atoms with Crippen molar-refractivity contribution in [3.63, 3.8) is 0 Å². The monoisotopic (exact) mass is 647 g/mol. The van der Waals surface area contributed by atoms with Gasteiger partial charge < -0.3 is 50.6 Å². The van der Waals surface area contributed by atoms with Gasteiger partial charge in [0.1, 0.15) is 35.7 Å². The number of aliphatic hydroxyl groups excluding tert-OH is 3. The third kappa shape index (κ3) is 6.91. The smallest absolute Gasteiger partial charge is 0.478 e. The van der Waals surface area contributed by atoms with Crippen LogP contribution in [0.4, 0.5) is 5.82 Å². The van der Waals surface area contributed by atoms with Gasteiger partial charge in [0, 0.05) is 12.5 Å². The Bertz CT molecular complexity index is 1590. The highest BCUT2D eigenvalue weighted by Gasteiger charge is 2.49. The van der Waals surface area contributed by atoms with Crippen LogP contribution in [0.25, 0.3) is 11.2 Å². The Hall–Kier alpha value is -2.97. The molecule has 2 saturated heterocycles. The molecule has 2 aliphatic heterocycles. The number of pyridine rings is 1. The number of aliphatic hydroxyl groups is 3. The number of rotatable bonds is 11. The van der Waals surface area contributed by atoms with Gasteiger partial charge in [-0.1, -0.05) is 0 Å². The molecule has 5 heterocycles. The van der Waals surface area contributed by atoms with Crippen molar-refractivity contribution in [2.45, 2.75) is 49.4 Å². The van der Waals surface area contributed by atoms with Gasteiger partial charge >= 0.3 is 7.82 Å². The summed E-state index contributed by atoms with van der Waals surface area (Å²) in [6, 6.07) is 2.84. The van der Waals surface area contributed by atoms with Crippen molar-refractivity contribution in [1.82, 2.24) is 19.5 Å². The van der Waals surface area contributed by atoms with Crippen LogP contribution < -0.4 is 20.9 Å². The van der Waals surface area contributed by atoms with E-state index in [1.165, 1.54) is 46.3 Å². The summed E-state index contributed by atoms with van der Waals surface area (Å²) in [5.74, 6) is -0.650. The molecular formula is C21H27N7O13P2. The number of phosphoric acid groups is 2. The first kappa shape index (κ1) is 31.5. The van der Waals surface area contributed by atoms with Crippen molar-refractivity contribution < 1.29 is 66.4 Å². The predicted molar refractivity (Wildman–Crippen MR) is 136 cm³/mol. The van der Waals surface area contributed by atoms with Crippen LogP contribution in [0.2, 0.25) is 0 Å². The Labute approximate surface area is 241 Å². The molecule has 0 aliphatic carbocycles. The number of amides is 1. The molecule has 20 nitrogen and oxygen atoms in total. The van der Waals surface area contributed by atoms with E-state index in [0.717, 1.165) is 0 Å². The van der Waals surface area contributed by atoms with Crippen LogP contribution in [-0.2, 0) is 32.0 Å². The number of carbonyl (C=O) groups is 1. The molecule has 0 bridgehead atoms. The zero-order valence-corrected chi connectivity index (χ0v) is 23.7. The number of hydrogen-bond acceptors (Lipinski definition) is 16. The number of nitrogens with two attached hydrogens (primary N) is 2. The first-order valence-electron chi connectivity index (χ1n) is 12.5. The number of aromatic nitrogens is 5. The van der Waals surface area contributed by atoms with Gasteiger partial charge in [0.05, 0.1) is 25.6 Å². The van der Waals surface area contributed by atoms with Crippen molar-refractivity contribution >= 4 is 38.5 Å². The third-order valence-corrected chi connectivity index (χ3v) is 9.15. The van der Waals surface area contributed by atoms with Crippen LogP contribution in [-0.4, -0.2) is 89.4 Å². The molecule has 2 unspecified atom stereocenters. The summed E-state index contributed by atoms with van der Waals surface area (Å²) in [5.41, 5.74) is 11.6. The molecule has 9 atom stereocenters.